The lowest BCUT2D eigenvalue weighted by Crippen LogP contribution is -1.88. The molecule has 0 radical (unpaired) electrons. The Morgan fingerprint density at radius 3 is 2.62 bits per heavy atom. The number of benzene rings is 1. The lowest BCUT2D eigenvalue weighted by Gasteiger charge is -2.14. The van der Waals surface area contributed by atoms with Crippen LogP contribution < -0.4 is 0 Å². The molecule has 0 heterocycles. The van der Waals surface area contributed by atoms with Gasteiger partial charge in [0.25, 0.3) is 0 Å². The molecule has 90 valence electrons. The molecule has 0 aliphatic carbocycles. The van der Waals surface area contributed by atoms with E-state index in [1.807, 2.05) is 31.2 Å². The van der Waals surface area contributed by atoms with Crippen LogP contribution in [0.5, 0.6) is 0 Å². The Morgan fingerprint density at radius 2 is 2.06 bits per heavy atom. The third-order valence-electron chi connectivity index (χ3n) is 1.77. The van der Waals surface area contributed by atoms with Crippen molar-refractivity contribution in [2.45, 2.75) is 19.1 Å². The van der Waals surface area contributed by atoms with Gasteiger partial charge in [-0.15, -0.1) is 0 Å². The maximum absolute atomic E-state index is 9.80. The van der Waals surface area contributed by atoms with Crippen molar-refractivity contribution >= 4 is 40.5 Å². The molecule has 0 aliphatic rings. The minimum Gasteiger partial charge on any atom is -0.337 e. The van der Waals surface area contributed by atoms with Crippen molar-refractivity contribution in [2.24, 2.45) is 0 Å². The highest BCUT2D eigenvalue weighted by molar-refractivity contribution is 8.67. The minimum absolute atomic E-state index is 0.515. The molecule has 2 nitrogen and oxygen atoms in total. The molecule has 1 rings (SSSR count). The van der Waals surface area contributed by atoms with Crippen LogP contribution in [0, 0.1) is 0 Å². The smallest absolute Gasteiger partial charge is 0.245 e. The lowest BCUT2D eigenvalue weighted by molar-refractivity contribution is 0.320. The van der Waals surface area contributed by atoms with Gasteiger partial charge in [0.1, 0.15) is 0 Å². The van der Waals surface area contributed by atoms with E-state index in [0.29, 0.717) is 17.4 Å². The standard InChI is InChI=1S/C10H14ClO2PS2/c1-2-7-13-14(12,15)16-8-9-3-5-10(11)6-4-9/h3-6H,2,7-8H2,1H3,(H,12,15). The van der Waals surface area contributed by atoms with Gasteiger partial charge in [-0.2, -0.15) is 0 Å². The second kappa shape index (κ2) is 7.00. The molecule has 1 aromatic carbocycles. The van der Waals surface area contributed by atoms with E-state index in [9.17, 15) is 4.89 Å². The molecule has 0 spiro atoms. The number of rotatable bonds is 6. The summed E-state index contributed by atoms with van der Waals surface area (Å²) in [5.41, 5.74) is -1.59. The molecule has 0 saturated carbocycles. The third-order valence-corrected chi connectivity index (χ3v) is 6.26. The first-order valence-electron chi connectivity index (χ1n) is 4.90. The maximum atomic E-state index is 9.80. The van der Waals surface area contributed by atoms with Crippen LogP contribution in [0.15, 0.2) is 24.3 Å². The van der Waals surface area contributed by atoms with Gasteiger partial charge in [-0.25, -0.2) is 0 Å². The summed E-state index contributed by atoms with van der Waals surface area (Å²) in [5.74, 6) is 0.647. The van der Waals surface area contributed by atoms with E-state index in [-0.39, 0.29) is 0 Å². The Morgan fingerprint density at radius 1 is 1.44 bits per heavy atom. The molecule has 1 unspecified atom stereocenters. The van der Waals surface area contributed by atoms with Crippen LogP contribution in [-0.2, 0) is 22.1 Å². The maximum Gasteiger partial charge on any atom is 0.245 e. The Bertz CT molecular complexity index is 370. The van der Waals surface area contributed by atoms with Crippen LogP contribution >= 0.6 is 28.7 Å². The van der Waals surface area contributed by atoms with Crippen molar-refractivity contribution in [3.05, 3.63) is 34.9 Å². The summed E-state index contributed by atoms with van der Waals surface area (Å²) in [7, 11) is 0. The van der Waals surface area contributed by atoms with Crippen LogP contribution in [-0.4, -0.2) is 11.5 Å². The summed E-state index contributed by atoms with van der Waals surface area (Å²) >= 11 is 12.1. The van der Waals surface area contributed by atoms with Gasteiger partial charge in [0.05, 0.1) is 6.61 Å². The average molecular weight is 297 g/mol. The van der Waals surface area contributed by atoms with E-state index < -0.39 is 5.69 Å². The Hall–Kier alpha value is 0.430. The van der Waals surface area contributed by atoms with Crippen LogP contribution in [0.25, 0.3) is 0 Å². The molecule has 0 aliphatic heterocycles. The van der Waals surface area contributed by atoms with E-state index in [2.05, 4.69) is 0 Å². The van der Waals surface area contributed by atoms with Gasteiger partial charge in [0, 0.05) is 10.8 Å². The van der Waals surface area contributed by atoms with Crippen molar-refractivity contribution in [3.63, 3.8) is 0 Å². The van der Waals surface area contributed by atoms with E-state index in [1.54, 1.807) is 0 Å². The second-order valence-corrected chi connectivity index (χ2v) is 9.82. The fraction of sp³-hybridized carbons (Fsp3) is 0.400. The predicted molar refractivity (Wildman–Crippen MR) is 75.5 cm³/mol. The van der Waals surface area contributed by atoms with E-state index in [0.717, 1.165) is 12.0 Å². The van der Waals surface area contributed by atoms with Crippen molar-refractivity contribution < 1.29 is 9.42 Å². The summed E-state index contributed by atoms with van der Waals surface area (Å²) in [4.78, 5) is 9.80. The highest BCUT2D eigenvalue weighted by Crippen LogP contribution is 2.57. The molecule has 0 aromatic heterocycles. The topological polar surface area (TPSA) is 29.5 Å². The monoisotopic (exact) mass is 296 g/mol. The van der Waals surface area contributed by atoms with Crippen molar-refractivity contribution in [2.75, 3.05) is 6.61 Å². The van der Waals surface area contributed by atoms with E-state index in [4.69, 9.17) is 27.9 Å². The number of hydrogen-bond donors (Lipinski definition) is 1. The molecule has 6 heteroatoms. The molecular weight excluding hydrogens is 283 g/mol. The zero-order valence-corrected chi connectivity index (χ0v) is 12.2. The molecule has 1 N–H and O–H groups in total. The van der Waals surface area contributed by atoms with Crippen LogP contribution in [0.4, 0.5) is 0 Å². The molecule has 0 bridgehead atoms. The zero-order chi connectivity index (χ0) is 12.0. The van der Waals surface area contributed by atoms with Gasteiger partial charge in [-0.1, -0.05) is 42.0 Å². The highest BCUT2D eigenvalue weighted by atomic mass is 35.5. The third kappa shape index (κ3) is 5.67. The normalized spacial score (nSPS) is 14.7. The molecule has 1 atom stereocenters. The predicted octanol–water partition coefficient (Wildman–Crippen LogP) is 4.22. The molecule has 0 fully saturated rings. The van der Waals surface area contributed by atoms with Crippen molar-refractivity contribution in [1.82, 2.24) is 0 Å². The van der Waals surface area contributed by atoms with Crippen LogP contribution in [0.1, 0.15) is 18.9 Å². The molecule has 0 amide bonds. The van der Waals surface area contributed by atoms with Crippen LogP contribution in [0.2, 0.25) is 5.02 Å². The Balaban J connectivity index is 2.44. The van der Waals surface area contributed by atoms with Crippen molar-refractivity contribution in [3.8, 4) is 0 Å². The summed E-state index contributed by atoms with van der Waals surface area (Å²) in [6, 6.07) is 7.49. The summed E-state index contributed by atoms with van der Waals surface area (Å²) < 4.78 is 5.24. The zero-order valence-electron chi connectivity index (χ0n) is 8.93. The summed E-state index contributed by atoms with van der Waals surface area (Å²) in [6.07, 6.45) is 0.862. The van der Waals surface area contributed by atoms with Gasteiger partial charge >= 0.3 is 0 Å². The lowest BCUT2D eigenvalue weighted by atomic mass is 10.2. The van der Waals surface area contributed by atoms with Gasteiger partial charge in [0.15, 0.2) is 0 Å². The number of hydrogen-bond acceptors (Lipinski definition) is 3. The van der Waals surface area contributed by atoms with Gasteiger partial charge in [-0.05, 0) is 35.9 Å². The van der Waals surface area contributed by atoms with Gasteiger partial charge < -0.3 is 9.42 Å². The average Bonchev–Trinajstić information content (AvgIpc) is 2.26. The van der Waals surface area contributed by atoms with Crippen molar-refractivity contribution in [1.29, 1.82) is 0 Å². The summed E-state index contributed by atoms with van der Waals surface area (Å²) in [6.45, 7) is 2.50. The SMILES string of the molecule is CCCOP(O)(=S)SCc1ccc(Cl)cc1. The number of halogens is 1. The minimum atomic E-state index is -2.67. The first-order chi connectivity index (χ1) is 7.53. The first kappa shape index (κ1) is 14.5. The second-order valence-electron chi connectivity index (χ2n) is 3.20. The molecule has 1 aromatic rings. The van der Waals surface area contributed by atoms with Gasteiger partial charge in [-0.3, -0.25) is 0 Å². The fourth-order valence-electron chi connectivity index (χ4n) is 0.981. The van der Waals surface area contributed by atoms with E-state index in [1.165, 1.54) is 11.4 Å². The first-order valence-corrected chi connectivity index (χ1v) is 9.54. The molecule has 16 heavy (non-hydrogen) atoms. The molecule has 0 saturated heterocycles. The quantitative estimate of drug-likeness (QED) is 0.796. The Kier molecular flexibility index (Phi) is 6.34. The van der Waals surface area contributed by atoms with E-state index >= 15 is 0 Å². The largest absolute Gasteiger partial charge is 0.337 e. The van der Waals surface area contributed by atoms with Crippen LogP contribution in [0.3, 0.4) is 0 Å². The highest BCUT2D eigenvalue weighted by Gasteiger charge is 2.13. The summed E-state index contributed by atoms with van der Waals surface area (Å²) in [5, 5.41) is 0.708. The molecular formula is C10H14ClO2PS2. The van der Waals surface area contributed by atoms with Gasteiger partial charge in [0.2, 0.25) is 5.69 Å². The Labute approximate surface area is 110 Å². The fourth-order valence-corrected chi connectivity index (χ4v) is 4.18.